The van der Waals surface area contributed by atoms with Crippen molar-refractivity contribution in [3.05, 3.63) is 43.4 Å². The third-order valence-corrected chi connectivity index (χ3v) is 3.86. The van der Waals surface area contributed by atoms with Crippen LogP contribution in [0.2, 0.25) is 0 Å². The van der Waals surface area contributed by atoms with E-state index in [0.717, 1.165) is 4.57 Å². The summed E-state index contributed by atoms with van der Waals surface area (Å²) in [6.07, 6.45) is 2.84. The predicted octanol–water partition coefficient (Wildman–Crippen LogP) is -0.633. The van der Waals surface area contributed by atoms with Crippen LogP contribution in [-0.2, 0) is 24.9 Å². The molecule has 0 saturated carbocycles. The predicted molar refractivity (Wildman–Crippen MR) is 88.1 cm³/mol. The molecule has 0 unspecified atom stereocenters. The van der Waals surface area contributed by atoms with Gasteiger partial charge < -0.3 is 5.11 Å². The number of aromatic nitrogens is 7. The molecule has 3 heterocycles. The van der Waals surface area contributed by atoms with Crippen LogP contribution < -0.4 is 11.1 Å². The van der Waals surface area contributed by atoms with Crippen LogP contribution >= 0.6 is 15.9 Å². The fourth-order valence-corrected chi connectivity index (χ4v) is 2.53. The van der Waals surface area contributed by atoms with E-state index in [2.05, 4.69) is 36.2 Å². The molecule has 0 atom stereocenters. The zero-order valence-electron chi connectivity index (χ0n) is 13.0. The smallest absolute Gasteiger partial charge is 0.318 e. The maximum Gasteiger partial charge on any atom is 0.318 e. The van der Waals surface area contributed by atoms with Crippen LogP contribution in [0.5, 0.6) is 0 Å². The van der Waals surface area contributed by atoms with Crippen LogP contribution in [0.25, 0.3) is 11.3 Å². The lowest BCUT2D eigenvalue weighted by Gasteiger charge is -2.09. The molecule has 12 heteroatoms. The molecule has 0 spiro atoms. The van der Waals surface area contributed by atoms with Gasteiger partial charge in [0.2, 0.25) is 0 Å². The van der Waals surface area contributed by atoms with Crippen molar-refractivity contribution in [3.8, 4) is 0 Å². The highest BCUT2D eigenvalue weighted by atomic mass is 79.9. The molecule has 0 aliphatic heterocycles. The van der Waals surface area contributed by atoms with Gasteiger partial charge in [-0.25, -0.2) is 9.97 Å². The molecule has 3 rings (SSSR count). The van der Waals surface area contributed by atoms with E-state index in [1.165, 1.54) is 28.7 Å². The number of fused-ring (bicyclic) bond motifs is 1. The van der Waals surface area contributed by atoms with E-state index >= 15 is 0 Å². The number of rotatable bonds is 5. The summed E-state index contributed by atoms with van der Waals surface area (Å²) >= 11 is 3.18. The van der Waals surface area contributed by atoms with Gasteiger partial charge in [0.15, 0.2) is 11.3 Å². The second-order valence-corrected chi connectivity index (χ2v) is 6.02. The number of aryl methyl sites for hydroxylation is 2. The lowest BCUT2D eigenvalue weighted by Crippen LogP contribution is -2.41. The molecule has 130 valence electrons. The fraction of sp³-hybridized carbons (Fsp3) is 0.308. The van der Waals surface area contributed by atoms with Gasteiger partial charge in [0.25, 0.3) is 0 Å². The molecule has 3 aromatic heterocycles. The summed E-state index contributed by atoms with van der Waals surface area (Å²) in [4.78, 5) is 43.4. The number of halogens is 1. The molecule has 1 N–H and O–H groups in total. The molecule has 0 aromatic carbocycles. The lowest BCUT2D eigenvalue weighted by molar-refractivity contribution is -0.137. The van der Waals surface area contributed by atoms with Gasteiger partial charge in [0.05, 0.1) is 31.9 Å². The van der Waals surface area contributed by atoms with Crippen molar-refractivity contribution >= 4 is 33.2 Å². The quantitative estimate of drug-likeness (QED) is 0.549. The lowest BCUT2D eigenvalue weighted by atomic mass is 10.4. The standard InChI is InChI=1S/C13H12BrN7O4/c1-19-11-10(15-4-8(14)16-11)21(13(25)12(19)24)6-7-5-20(18-17-7)3-2-9(22)23/h4-5H,2-3,6H2,1H3,(H,22,23). The molecule has 3 aromatic rings. The van der Waals surface area contributed by atoms with Crippen LogP contribution in [0.1, 0.15) is 12.1 Å². The van der Waals surface area contributed by atoms with E-state index < -0.39 is 17.1 Å². The first-order valence-corrected chi connectivity index (χ1v) is 7.89. The Morgan fingerprint density at radius 1 is 1.28 bits per heavy atom. The third kappa shape index (κ3) is 3.33. The van der Waals surface area contributed by atoms with Crippen molar-refractivity contribution in [2.24, 2.45) is 7.05 Å². The topological polar surface area (TPSA) is 138 Å². The SMILES string of the molecule is Cn1c(=O)c(=O)n(Cc2cn(CCC(=O)O)nn2)c2ncc(Br)nc21. The summed E-state index contributed by atoms with van der Waals surface area (Å²) in [5.74, 6) is -0.952. The van der Waals surface area contributed by atoms with Crippen molar-refractivity contribution < 1.29 is 9.90 Å². The van der Waals surface area contributed by atoms with E-state index in [1.54, 1.807) is 0 Å². The maximum atomic E-state index is 12.3. The van der Waals surface area contributed by atoms with Crippen molar-refractivity contribution in [2.75, 3.05) is 0 Å². The third-order valence-electron chi connectivity index (χ3n) is 3.47. The van der Waals surface area contributed by atoms with E-state index in [0.29, 0.717) is 10.3 Å². The summed E-state index contributed by atoms with van der Waals surface area (Å²) < 4.78 is 4.10. The minimum Gasteiger partial charge on any atom is -0.481 e. The normalized spacial score (nSPS) is 11.1. The first kappa shape index (κ1) is 17.0. The summed E-state index contributed by atoms with van der Waals surface area (Å²) in [6, 6.07) is 0. The number of aliphatic carboxylic acids is 1. The van der Waals surface area contributed by atoms with Gasteiger partial charge in [-0.3, -0.25) is 28.2 Å². The molecule has 0 radical (unpaired) electrons. The monoisotopic (exact) mass is 409 g/mol. The summed E-state index contributed by atoms with van der Waals surface area (Å²) in [6.45, 7) is 0.121. The highest BCUT2D eigenvalue weighted by Gasteiger charge is 2.15. The number of carboxylic acids is 1. The highest BCUT2D eigenvalue weighted by molar-refractivity contribution is 9.10. The maximum absolute atomic E-state index is 12.3. The molecule has 25 heavy (non-hydrogen) atoms. The van der Waals surface area contributed by atoms with Crippen LogP contribution in [0, 0.1) is 0 Å². The molecular formula is C13H12BrN7O4. The van der Waals surface area contributed by atoms with E-state index in [4.69, 9.17) is 5.11 Å². The first-order valence-electron chi connectivity index (χ1n) is 7.09. The van der Waals surface area contributed by atoms with E-state index in [1.807, 2.05) is 0 Å². The van der Waals surface area contributed by atoms with Gasteiger partial charge in [-0.2, -0.15) is 0 Å². The second kappa shape index (κ2) is 6.55. The molecule has 0 bridgehead atoms. The highest BCUT2D eigenvalue weighted by Crippen LogP contribution is 2.10. The summed E-state index contributed by atoms with van der Waals surface area (Å²) in [7, 11) is 1.44. The Hall–Kier alpha value is -2.89. The molecular weight excluding hydrogens is 398 g/mol. The molecule has 0 saturated heterocycles. The van der Waals surface area contributed by atoms with Gasteiger partial charge in [0, 0.05) is 7.05 Å². The van der Waals surface area contributed by atoms with Gasteiger partial charge in [0.1, 0.15) is 10.3 Å². The van der Waals surface area contributed by atoms with Crippen LogP contribution in [0.4, 0.5) is 0 Å². The number of hydrogen-bond donors (Lipinski definition) is 1. The van der Waals surface area contributed by atoms with Crippen molar-refractivity contribution in [1.82, 2.24) is 34.1 Å². The average molecular weight is 410 g/mol. The average Bonchev–Trinajstić information content (AvgIpc) is 3.02. The van der Waals surface area contributed by atoms with Gasteiger partial charge in [-0.1, -0.05) is 5.21 Å². The summed E-state index contributed by atoms with van der Waals surface area (Å²) in [5.41, 5.74) is -0.621. The zero-order valence-corrected chi connectivity index (χ0v) is 14.5. The Bertz CT molecular complexity index is 1080. The Balaban J connectivity index is 2.03. The van der Waals surface area contributed by atoms with E-state index in [-0.39, 0.29) is 30.8 Å². The Labute approximate surface area is 147 Å². The van der Waals surface area contributed by atoms with Crippen LogP contribution in [0.3, 0.4) is 0 Å². The molecule has 0 aliphatic rings. The Morgan fingerprint density at radius 2 is 2.04 bits per heavy atom. The van der Waals surface area contributed by atoms with Crippen molar-refractivity contribution in [3.63, 3.8) is 0 Å². The molecule has 0 fully saturated rings. The largest absolute Gasteiger partial charge is 0.481 e. The van der Waals surface area contributed by atoms with Crippen molar-refractivity contribution in [1.29, 1.82) is 0 Å². The number of carboxylic acid groups (broad SMARTS) is 1. The molecule has 0 aliphatic carbocycles. The van der Waals surface area contributed by atoms with Gasteiger partial charge >= 0.3 is 17.1 Å². The molecule has 11 nitrogen and oxygen atoms in total. The van der Waals surface area contributed by atoms with Crippen LogP contribution in [-0.4, -0.2) is 45.2 Å². The molecule has 0 amide bonds. The fourth-order valence-electron chi connectivity index (χ4n) is 2.26. The Morgan fingerprint density at radius 3 is 2.76 bits per heavy atom. The van der Waals surface area contributed by atoms with Crippen LogP contribution in [0.15, 0.2) is 26.6 Å². The number of carbonyl (C=O) groups is 1. The Kier molecular flexibility index (Phi) is 4.44. The van der Waals surface area contributed by atoms with E-state index in [9.17, 15) is 14.4 Å². The zero-order chi connectivity index (χ0) is 18.1. The number of hydrogen-bond acceptors (Lipinski definition) is 7. The first-order chi connectivity index (χ1) is 11.9. The minimum absolute atomic E-state index is 0.0329. The summed E-state index contributed by atoms with van der Waals surface area (Å²) in [5, 5.41) is 16.4. The second-order valence-electron chi connectivity index (χ2n) is 5.21. The van der Waals surface area contributed by atoms with Gasteiger partial charge in [-0.15, -0.1) is 5.10 Å². The van der Waals surface area contributed by atoms with Crippen molar-refractivity contribution in [2.45, 2.75) is 19.5 Å². The van der Waals surface area contributed by atoms with Gasteiger partial charge in [-0.05, 0) is 15.9 Å². The number of nitrogens with zero attached hydrogens (tertiary/aromatic N) is 7. The minimum atomic E-state index is -0.952.